The third-order valence-electron chi connectivity index (χ3n) is 1.96. The van der Waals surface area contributed by atoms with Gasteiger partial charge in [0.2, 0.25) is 0 Å². The van der Waals surface area contributed by atoms with Crippen LogP contribution in [0.3, 0.4) is 0 Å². The maximum atomic E-state index is 8.89. The van der Waals surface area contributed by atoms with Crippen molar-refractivity contribution in [1.82, 2.24) is 0 Å². The molecule has 0 fully saturated rings. The normalized spacial score (nSPS) is 11.8. The summed E-state index contributed by atoms with van der Waals surface area (Å²) in [5.74, 6) is 0. The van der Waals surface area contributed by atoms with Gasteiger partial charge in [-0.15, -0.1) is 0 Å². The summed E-state index contributed by atoms with van der Waals surface area (Å²) in [5, 5.41) is 34.5. The summed E-state index contributed by atoms with van der Waals surface area (Å²) in [4.78, 5) is 0. The van der Waals surface area contributed by atoms with Crippen molar-refractivity contribution < 1.29 is 24.9 Å². The van der Waals surface area contributed by atoms with E-state index in [9.17, 15) is 0 Å². The molecule has 0 aliphatic heterocycles. The topological polar surface area (TPSA) is 90.2 Å². The van der Waals surface area contributed by atoms with Gasteiger partial charge in [-0.25, -0.2) is 0 Å². The molecule has 5 nitrogen and oxygen atoms in total. The lowest BCUT2D eigenvalue weighted by molar-refractivity contribution is -0.00248. The number of hydrogen-bond acceptors (Lipinski definition) is 5. The molecular weight excluding hydrogens is 163 g/mol. The second-order valence-corrected chi connectivity index (χ2v) is 2.81. The fourth-order valence-corrected chi connectivity index (χ4v) is 0.718. The van der Waals surface area contributed by atoms with Crippen molar-refractivity contribution in [3.05, 3.63) is 0 Å². The van der Waals surface area contributed by atoms with Gasteiger partial charge in [-0.1, -0.05) is 6.92 Å². The Kier molecular flexibility index (Phi) is 5.44. The van der Waals surface area contributed by atoms with Crippen molar-refractivity contribution in [2.45, 2.75) is 13.3 Å². The van der Waals surface area contributed by atoms with Gasteiger partial charge in [0, 0.05) is 12.0 Å². The van der Waals surface area contributed by atoms with Gasteiger partial charge in [0.25, 0.3) is 0 Å². The maximum Gasteiger partial charge on any atom is 0.633 e. The lowest BCUT2D eigenvalue weighted by Crippen LogP contribution is -2.37. The highest BCUT2D eigenvalue weighted by Crippen LogP contribution is 2.20. The fraction of sp³-hybridized carbons (Fsp3) is 1.00. The van der Waals surface area contributed by atoms with E-state index in [2.05, 4.69) is 4.65 Å². The Balaban J connectivity index is 3.93. The second kappa shape index (κ2) is 5.50. The smallest absolute Gasteiger partial charge is 0.402 e. The molecule has 0 spiro atoms. The molecular formula is C6H15BO5. The molecule has 0 amide bonds. The van der Waals surface area contributed by atoms with Gasteiger partial charge in [-0.2, -0.15) is 0 Å². The largest absolute Gasteiger partial charge is 0.633 e. The first-order valence-electron chi connectivity index (χ1n) is 3.79. The molecule has 0 rings (SSSR count). The van der Waals surface area contributed by atoms with Crippen LogP contribution in [0, 0.1) is 5.41 Å². The molecule has 0 atom stereocenters. The van der Waals surface area contributed by atoms with Crippen molar-refractivity contribution in [3.8, 4) is 0 Å². The third kappa shape index (κ3) is 3.51. The molecule has 12 heavy (non-hydrogen) atoms. The Bertz CT molecular complexity index is 106. The first-order chi connectivity index (χ1) is 5.60. The van der Waals surface area contributed by atoms with Crippen molar-refractivity contribution in [2.75, 3.05) is 19.8 Å². The first-order valence-corrected chi connectivity index (χ1v) is 3.79. The van der Waals surface area contributed by atoms with Crippen LogP contribution in [0.1, 0.15) is 13.3 Å². The fourth-order valence-electron chi connectivity index (χ4n) is 0.718. The minimum Gasteiger partial charge on any atom is -0.402 e. The van der Waals surface area contributed by atoms with E-state index in [1.807, 2.05) is 0 Å². The van der Waals surface area contributed by atoms with Crippen LogP contribution in [-0.4, -0.2) is 47.4 Å². The zero-order valence-electron chi connectivity index (χ0n) is 7.10. The van der Waals surface area contributed by atoms with Crippen LogP contribution in [0.25, 0.3) is 0 Å². The van der Waals surface area contributed by atoms with E-state index in [0.717, 1.165) is 0 Å². The van der Waals surface area contributed by atoms with Crippen LogP contribution in [0.2, 0.25) is 0 Å². The van der Waals surface area contributed by atoms with Crippen molar-refractivity contribution >= 4 is 7.32 Å². The Morgan fingerprint density at radius 2 is 1.75 bits per heavy atom. The molecule has 0 heterocycles. The van der Waals surface area contributed by atoms with Crippen LogP contribution >= 0.6 is 0 Å². The summed E-state index contributed by atoms with van der Waals surface area (Å²) in [5.41, 5.74) is -0.774. The van der Waals surface area contributed by atoms with E-state index in [4.69, 9.17) is 20.3 Å². The van der Waals surface area contributed by atoms with Crippen molar-refractivity contribution in [2.24, 2.45) is 5.41 Å². The highest BCUT2D eigenvalue weighted by molar-refractivity contribution is 6.32. The van der Waals surface area contributed by atoms with Crippen LogP contribution in [0.15, 0.2) is 0 Å². The zero-order chi connectivity index (χ0) is 9.61. The van der Waals surface area contributed by atoms with Gasteiger partial charge in [0.05, 0.1) is 13.2 Å². The minimum absolute atomic E-state index is 0.0752. The molecule has 72 valence electrons. The van der Waals surface area contributed by atoms with E-state index in [-0.39, 0.29) is 19.8 Å². The van der Waals surface area contributed by atoms with E-state index >= 15 is 0 Å². The van der Waals surface area contributed by atoms with E-state index < -0.39 is 12.7 Å². The lowest BCUT2D eigenvalue weighted by atomic mass is 9.88. The number of hydrogen-bond donors (Lipinski definition) is 4. The standard InChI is InChI=1S/C6H15BO5/c1-2-6(3-8,4-9)5-12-7(10)11/h8-11H,2-5H2,1H3. The summed E-state index contributed by atoms with van der Waals surface area (Å²) in [7, 11) is -1.85. The molecule has 0 aliphatic carbocycles. The predicted octanol–water partition coefficient (Wildman–Crippen LogP) is -1.65. The summed E-state index contributed by atoms with van der Waals surface area (Å²) >= 11 is 0. The molecule has 0 aromatic heterocycles. The summed E-state index contributed by atoms with van der Waals surface area (Å²) in [6.45, 7) is 1.22. The van der Waals surface area contributed by atoms with Crippen molar-refractivity contribution in [3.63, 3.8) is 0 Å². The van der Waals surface area contributed by atoms with Crippen LogP contribution in [0.5, 0.6) is 0 Å². The van der Waals surface area contributed by atoms with E-state index in [1.165, 1.54) is 0 Å². The Morgan fingerprint density at radius 1 is 1.25 bits per heavy atom. The molecule has 0 aromatic rings. The molecule has 0 radical (unpaired) electrons. The number of aliphatic hydroxyl groups excluding tert-OH is 2. The van der Waals surface area contributed by atoms with Crippen molar-refractivity contribution in [1.29, 1.82) is 0 Å². The van der Waals surface area contributed by atoms with Gasteiger partial charge < -0.3 is 24.9 Å². The molecule has 0 saturated carbocycles. The summed E-state index contributed by atoms with van der Waals surface area (Å²) < 4.78 is 4.47. The maximum absolute atomic E-state index is 8.89. The molecule has 0 saturated heterocycles. The van der Waals surface area contributed by atoms with Gasteiger partial charge in [0.15, 0.2) is 0 Å². The summed E-state index contributed by atoms with van der Waals surface area (Å²) in [6, 6.07) is 0. The van der Waals surface area contributed by atoms with Crippen LogP contribution < -0.4 is 0 Å². The van der Waals surface area contributed by atoms with E-state index in [0.29, 0.717) is 6.42 Å². The van der Waals surface area contributed by atoms with E-state index in [1.54, 1.807) is 6.92 Å². The second-order valence-electron chi connectivity index (χ2n) is 2.81. The minimum atomic E-state index is -1.85. The number of aliphatic hydroxyl groups is 2. The quantitative estimate of drug-likeness (QED) is 0.366. The van der Waals surface area contributed by atoms with Gasteiger partial charge in [-0.3, -0.25) is 0 Å². The Morgan fingerprint density at radius 3 is 2.00 bits per heavy atom. The Hall–Kier alpha value is -0.135. The third-order valence-corrected chi connectivity index (χ3v) is 1.96. The zero-order valence-corrected chi connectivity index (χ0v) is 7.10. The molecule has 0 unspecified atom stereocenters. The molecule has 0 aliphatic rings. The monoisotopic (exact) mass is 178 g/mol. The molecule has 0 aromatic carbocycles. The van der Waals surface area contributed by atoms with Gasteiger partial charge >= 0.3 is 7.32 Å². The highest BCUT2D eigenvalue weighted by atomic mass is 16.6. The Labute approximate surface area is 71.8 Å². The highest BCUT2D eigenvalue weighted by Gasteiger charge is 2.28. The van der Waals surface area contributed by atoms with Crippen LogP contribution in [-0.2, 0) is 4.65 Å². The lowest BCUT2D eigenvalue weighted by Gasteiger charge is -2.27. The predicted molar refractivity (Wildman–Crippen MR) is 43.0 cm³/mol. The molecule has 6 heteroatoms. The van der Waals surface area contributed by atoms with Gasteiger partial charge in [0.1, 0.15) is 0 Å². The van der Waals surface area contributed by atoms with Crippen LogP contribution in [0.4, 0.5) is 0 Å². The average Bonchev–Trinajstić information content (AvgIpc) is 2.08. The molecule has 4 N–H and O–H groups in total. The summed E-state index contributed by atoms with van der Waals surface area (Å²) in [6.07, 6.45) is 0.507. The van der Waals surface area contributed by atoms with Gasteiger partial charge in [-0.05, 0) is 6.42 Å². The molecule has 0 bridgehead atoms. The first kappa shape index (κ1) is 11.9. The number of rotatable bonds is 6. The SMILES string of the molecule is CCC(CO)(CO)COB(O)O. The average molecular weight is 178 g/mol.